The van der Waals surface area contributed by atoms with Gasteiger partial charge in [-0.2, -0.15) is 0 Å². The van der Waals surface area contributed by atoms with Crippen LogP contribution in [0.15, 0.2) is 0 Å². The maximum absolute atomic E-state index is 8.74. The summed E-state index contributed by atoms with van der Waals surface area (Å²) in [6.45, 7) is 0. The molecule has 0 radical (unpaired) electrons. The van der Waals surface area contributed by atoms with Crippen molar-refractivity contribution >= 4 is 73.4 Å². The first-order valence-electron chi connectivity index (χ1n) is 5.21. The number of rotatable bonds is 0. The second kappa shape index (κ2) is 906. The molecule has 0 atom stereocenters. The molecule has 0 aliphatic carbocycles. The summed E-state index contributed by atoms with van der Waals surface area (Å²) in [5.41, 5.74) is 0. The standard InChI is InChI=1S/113Na.8H2O3Si/c;;;;;;;;;;;;;;;;;;;;;;;;;;;;;;;;;;;;;;;;;;;;;;;;;;;;;;;;;;;;;;;;;;;;;;;;;;;;;;;;;;;;;;;;;;;;;;;;;;;;;;;;;;;;;;;;;8*1-4(2)3/h;;;;;;;;;;;;;;;;;;;;;;;;;;;;;;;;;;;;;;;;;;;;;;;;;;;;;;;;;;;;;;;;;;;;;;;;;;;;;;;;;;;;;;;;;;;;;;;;;;;;;;;;;;;;;;;;;8*1-2H/q113*+1;;;;;;;;. The molecule has 0 fully saturated rings. The fourth-order valence-corrected chi connectivity index (χ4v) is 0. The van der Waals surface area contributed by atoms with Gasteiger partial charge in [-0.05, 0) is 0 Å². The van der Waals surface area contributed by atoms with Crippen LogP contribution in [0.25, 0.3) is 0 Å². The van der Waals surface area contributed by atoms with Crippen molar-refractivity contribution in [2.24, 2.45) is 0 Å². The van der Waals surface area contributed by atoms with E-state index < -0.39 is 73.4 Å². The minimum atomic E-state index is -3.13. The average Bonchev–Trinajstić information content (AvgIpc) is 2.30. The molecule has 0 aliphatic heterocycles. The van der Waals surface area contributed by atoms with Gasteiger partial charge >= 0.3 is 3410 Å². The molecule has 145 heteroatoms. The molecule has 0 spiro atoms. The number of hydrogen-bond acceptors (Lipinski definition) is 8. The molecule has 0 saturated heterocycles. The van der Waals surface area contributed by atoms with E-state index in [1.807, 2.05) is 0 Å². The normalized spacial score (nSPS) is 1.32. The van der Waals surface area contributed by atoms with E-state index in [1.165, 1.54) is 0 Å². The summed E-state index contributed by atoms with van der Waals surface area (Å²) >= 11 is 0. The average molecular weight is 3220 g/mol. The third-order valence-corrected chi connectivity index (χ3v) is 0. The van der Waals surface area contributed by atoms with Crippen LogP contribution in [0.4, 0.5) is 0 Å². The molecular formula is H16Na113O24Si8+113. The predicted molar refractivity (Wildman–Crippen MR) is 87.0 cm³/mol. The summed E-state index contributed by atoms with van der Waals surface area (Å²) in [6.07, 6.45) is 0. The summed E-state index contributed by atoms with van der Waals surface area (Å²) in [7, 11) is -25.0. The van der Waals surface area contributed by atoms with Crippen LogP contribution in [-0.2, 0) is 35.7 Å². The first kappa shape index (κ1) is 916. The minimum absolute atomic E-state index is 0. The Hall–Kier alpha value is 110. The Morgan fingerprint density at radius 2 is 0.0483 bits per heavy atom. The zero-order valence-corrected chi connectivity index (χ0v) is 361. The molecule has 0 amide bonds. The van der Waals surface area contributed by atoms with Gasteiger partial charge in [-0.15, -0.1) is 0 Å². The van der Waals surface area contributed by atoms with Crippen molar-refractivity contribution in [3.05, 3.63) is 0 Å². The largest absolute Gasteiger partial charge is 1.00 e. The van der Waals surface area contributed by atoms with Crippen molar-refractivity contribution in [2.75, 3.05) is 0 Å². The van der Waals surface area contributed by atoms with Gasteiger partial charge in [0.05, 0.1) is 0 Å². The van der Waals surface area contributed by atoms with E-state index in [-0.39, 0.29) is 3340 Å². The van der Waals surface area contributed by atoms with Crippen LogP contribution in [0.2, 0.25) is 0 Å². The van der Waals surface area contributed by atoms with E-state index >= 15 is 0 Å². The van der Waals surface area contributed by atoms with Gasteiger partial charge in [-0.25, -0.2) is 0 Å². The SMILES string of the molecule is O=[Si](O)O.O=[Si](O)O.O=[Si](O)O.O=[Si](O)O.O=[Si](O)O.O=[Si](O)O.O=[Si](O)O.O=[Si](O)O.[Na+].[Na+].[Na+].[Na+].[Na+].[Na+].[Na+].[Na+].[Na+].[Na+].[Na+].[Na+].[Na+].[Na+].[Na+].[Na+].[Na+].[Na+].[Na+].[Na+].[Na+].[Na+].[Na+].[Na+].[Na+].[Na+].[Na+].[Na+].[Na+].[Na+].[Na+].[Na+].[Na+].[Na+].[Na+].[Na+].[Na+].[Na+].[Na+].[Na+].[Na+].[Na+].[Na+].[Na+].[Na+].[Na+].[Na+].[Na+].[Na+].[Na+].[Na+].[Na+].[Na+].[Na+].[Na+].[Na+].[Na+].[Na+].[Na+].[Na+].[Na+].[Na+].[Na+].[Na+].[Na+].[Na+].[Na+].[Na+].[Na+].[Na+].[Na+].[Na+].[Na+].[Na+].[Na+].[Na+].[Na+].[Na+].[Na+].[Na+].[Na+].[Na+].[Na+].[Na+].[Na+].[Na+].[Na+].[Na+].[Na+].[Na+].[Na+].[Na+].[Na+].[Na+].[Na+].[Na+].[Na+].[Na+].[Na+].[Na+].[Na+].[Na+].[Na+].[Na+].[Na+].[Na+].[Na+].[Na+].[Na+].[Na+].[Na+].[Na+].[Na+]. The molecule has 0 aromatic heterocycles. The van der Waals surface area contributed by atoms with Gasteiger partial charge in [-0.1, -0.05) is 0 Å². The Kier molecular flexibility index (Phi) is 5720. The second-order valence-corrected chi connectivity index (χ2v) is 6.78. The topological polar surface area (TPSA) is 460 Å². The molecule has 192 valence electrons. The quantitative estimate of drug-likeness (QED) is 0.100. The Labute approximate surface area is 3400 Å². The van der Waals surface area contributed by atoms with E-state index in [0.717, 1.165) is 0 Å². The monoisotopic (exact) mass is 3220 g/mol. The summed E-state index contributed by atoms with van der Waals surface area (Å²) in [4.78, 5) is 115. The van der Waals surface area contributed by atoms with Crippen LogP contribution >= 0.6 is 0 Å². The van der Waals surface area contributed by atoms with Crippen molar-refractivity contribution in [1.29, 1.82) is 0 Å². The predicted octanol–water partition coefficient (Wildman–Crippen LogP) is -351. The van der Waals surface area contributed by atoms with Gasteiger partial charge in [0.25, 0.3) is 0 Å². The van der Waals surface area contributed by atoms with E-state index in [4.69, 9.17) is 112 Å². The summed E-state index contributed by atoms with van der Waals surface area (Å²) in [6, 6.07) is 0. The minimum Gasteiger partial charge on any atom is -0.511 e. The van der Waals surface area contributed by atoms with Crippen LogP contribution in [0.5, 0.6) is 0 Å². The van der Waals surface area contributed by atoms with Gasteiger partial charge in [-0.3, -0.25) is 35.7 Å². The number of hydrogen-bond donors (Lipinski definition) is 16. The molecule has 0 unspecified atom stereocenters. The molecule has 16 N–H and O–H groups in total. The summed E-state index contributed by atoms with van der Waals surface area (Å²) < 4.78 is 69.9. The van der Waals surface area contributed by atoms with Gasteiger partial charge in [0.15, 0.2) is 0 Å². The van der Waals surface area contributed by atoms with E-state index in [9.17, 15) is 0 Å². The van der Waals surface area contributed by atoms with Gasteiger partial charge in [0.1, 0.15) is 0 Å². The van der Waals surface area contributed by atoms with Crippen LogP contribution < -0.4 is 3340 Å². The Balaban J connectivity index is -0.000000000343. The molecule has 0 rings (SSSR count). The van der Waals surface area contributed by atoms with Crippen molar-refractivity contribution in [3.63, 3.8) is 0 Å². The molecule has 0 aromatic rings. The summed E-state index contributed by atoms with van der Waals surface area (Å²) in [5, 5.41) is 0. The van der Waals surface area contributed by atoms with Gasteiger partial charge in [0.2, 0.25) is 0 Å². The smallest absolute Gasteiger partial charge is 0.511 e. The zero-order chi connectivity index (χ0) is 28.6. The Morgan fingerprint density at radius 3 is 0.0483 bits per heavy atom. The first-order valence-corrected chi connectivity index (χ1v) is 15.6. The molecule has 0 bridgehead atoms. The molecule has 0 aromatic carbocycles. The molecule has 0 saturated carbocycles. The fraction of sp³-hybridized carbons (Fsp3) is 0. The van der Waals surface area contributed by atoms with E-state index in [2.05, 4.69) is 0 Å². The van der Waals surface area contributed by atoms with Crippen molar-refractivity contribution in [3.8, 4) is 0 Å². The zero-order valence-electron chi connectivity index (χ0n) is 127. The maximum atomic E-state index is 8.74. The second-order valence-electron chi connectivity index (χ2n) is 2.26. The Morgan fingerprint density at radius 1 is 0.0483 bits per heavy atom. The molecule has 0 heterocycles. The van der Waals surface area contributed by atoms with Crippen LogP contribution in [0, 0.1) is 0 Å². The third kappa shape index (κ3) is 1330. The van der Waals surface area contributed by atoms with Crippen LogP contribution in [-0.4, -0.2) is 150 Å². The molecule has 145 heavy (non-hydrogen) atoms. The van der Waals surface area contributed by atoms with Crippen molar-refractivity contribution < 1.29 is 3450 Å². The summed E-state index contributed by atoms with van der Waals surface area (Å²) in [5.74, 6) is 0. The maximum Gasteiger partial charge on any atom is 1.00 e. The van der Waals surface area contributed by atoms with E-state index in [1.54, 1.807) is 0 Å². The van der Waals surface area contributed by atoms with Crippen LogP contribution in [0.1, 0.15) is 0 Å². The molecular weight excluding hydrogens is 3210 g/mol. The molecule has 0 aliphatic rings. The Bertz CT molecular complexity index is 465. The van der Waals surface area contributed by atoms with E-state index in [0.29, 0.717) is 0 Å². The molecule has 24 nitrogen and oxygen atoms in total. The van der Waals surface area contributed by atoms with Crippen molar-refractivity contribution in [2.45, 2.75) is 0 Å². The van der Waals surface area contributed by atoms with Crippen LogP contribution in [0.3, 0.4) is 0 Å². The van der Waals surface area contributed by atoms with Crippen molar-refractivity contribution in [1.82, 2.24) is 0 Å². The third-order valence-electron chi connectivity index (χ3n) is 0. The fourth-order valence-electron chi connectivity index (χ4n) is 0. The first-order chi connectivity index (χ1) is 13.9. The van der Waals surface area contributed by atoms with Gasteiger partial charge < -0.3 is 76.7 Å². The van der Waals surface area contributed by atoms with Gasteiger partial charge in [0, 0.05) is 0 Å².